The number of carbonyl (C=O) groups excluding carboxylic acids is 2. The van der Waals surface area contributed by atoms with Crippen molar-refractivity contribution in [1.82, 2.24) is 20.0 Å². The van der Waals surface area contributed by atoms with Gasteiger partial charge in [0, 0.05) is 39.8 Å². The predicted molar refractivity (Wildman–Crippen MR) is 77.4 cm³/mol. The van der Waals surface area contributed by atoms with Crippen molar-refractivity contribution in [1.29, 1.82) is 0 Å². The Labute approximate surface area is 121 Å². The van der Waals surface area contributed by atoms with Crippen LogP contribution in [0.1, 0.15) is 19.8 Å². The molecular weight excluding hydrogens is 256 g/mol. The van der Waals surface area contributed by atoms with Crippen LogP contribution in [0.2, 0.25) is 0 Å². The summed E-state index contributed by atoms with van der Waals surface area (Å²) in [5.41, 5.74) is 0. The van der Waals surface area contributed by atoms with Crippen LogP contribution in [-0.4, -0.2) is 85.4 Å². The molecule has 0 spiro atoms. The van der Waals surface area contributed by atoms with Crippen molar-refractivity contribution >= 4 is 11.8 Å². The lowest BCUT2D eigenvalue weighted by molar-refractivity contribution is -0.139. The van der Waals surface area contributed by atoms with E-state index in [4.69, 9.17) is 0 Å². The van der Waals surface area contributed by atoms with Crippen molar-refractivity contribution in [2.24, 2.45) is 0 Å². The Bertz CT molecular complexity index is 353. The van der Waals surface area contributed by atoms with E-state index >= 15 is 0 Å². The van der Waals surface area contributed by atoms with Crippen LogP contribution < -0.4 is 5.32 Å². The monoisotopic (exact) mass is 282 g/mol. The molecule has 2 aliphatic rings. The van der Waals surface area contributed by atoms with E-state index in [1.807, 2.05) is 0 Å². The minimum atomic E-state index is -0.260. The summed E-state index contributed by atoms with van der Waals surface area (Å²) in [6, 6.07) is -0.260. The molecule has 6 nitrogen and oxygen atoms in total. The number of amides is 2. The summed E-state index contributed by atoms with van der Waals surface area (Å²) in [6.45, 7) is 8.35. The number of hydrogen-bond donors (Lipinski definition) is 1. The van der Waals surface area contributed by atoms with E-state index in [2.05, 4.69) is 22.0 Å². The molecule has 2 saturated heterocycles. The van der Waals surface area contributed by atoms with Crippen LogP contribution >= 0.6 is 0 Å². The molecule has 0 unspecified atom stereocenters. The highest BCUT2D eigenvalue weighted by atomic mass is 16.2. The van der Waals surface area contributed by atoms with Crippen LogP contribution in [0.5, 0.6) is 0 Å². The Morgan fingerprint density at radius 3 is 2.35 bits per heavy atom. The van der Waals surface area contributed by atoms with Crippen LogP contribution in [0.25, 0.3) is 0 Å². The van der Waals surface area contributed by atoms with E-state index in [0.29, 0.717) is 13.1 Å². The van der Waals surface area contributed by atoms with E-state index in [-0.39, 0.29) is 17.9 Å². The molecule has 0 aromatic heterocycles. The van der Waals surface area contributed by atoms with Crippen molar-refractivity contribution in [3.8, 4) is 0 Å². The Hall–Kier alpha value is -1.14. The van der Waals surface area contributed by atoms with Crippen molar-refractivity contribution < 1.29 is 9.59 Å². The van der Waals surface area contributed by atoms with Crippen molar-refractivity contribution in [2.45, 2.75) is 25.8 Å². The highest BCUT2D eigenvalue weighted by Gasteiger charge is 2.34. The highest BCUT2D eigenvalue weighted by molar-refractivity contribution is 5.88. The summed E-state index contributed by atoms with van der Waals surface area (Å²) < 4.78 is 0. The number of piperazine rings is 1. The van der Waals surface area contributed by atoms with E-state index in [9.17, 15) is 9.59 Å². The molecule has 1 N–H and O–H groups in total. The van der Waals surface area contributed by atoms with Gasteiger partial charge in [0.1, 0.15) is 6.04 Å². The molecular formula is C14H26N4O2. The molecule has 0 radical (unpaired) electrons. The standard InChI is InChI=1S/C14H26N4O2/c1-3-16-7-9-17(10-8-16)11-13(19)18-6-4-5-12(18)14(20)15-2/h12H,3-11H2,1-2H3,(H,15,20)/t12-/m0/s1. The fourth-order valence-electron chi connectivity index (χ4n) is 3.05. The lowest BCUT2D eigenvalue weighted by Gasteiger charge is -2.35. The zero-order valence-corrected chi connectivity index (χ0v) is 12.6. The highest BCUT2D eigenvalue weighted by Crippen LogP contribution is 2.18. The minimum Gasteiger partial charge on any atom is -0.357 e. The first-order chi connectivity index (χ1) is 9.65. The van der Waals surface area contributed by atoms with E-state index < -0.39 is 0 Å². The number of nitrogens with one attached hydrogen (secondary N) is 1. The quantitative estimate of drug-likeness (QED) is 0.745. The second kappa shape index (κ2) is 7.04. The zero-order chi connectivity index (χ0) is 14.5. The molecule has 2 heterocycles. The maximum absolute atomic E-state index is 12.4. The first-order valence-electron chi connectivity index (χ1n) is 7.61. The molecule has 2 aliphatic heterocycles. The third kappa shape index (κ3) is 3.49. The van der Waals surface area contributed by atoms with Crippen molar-refractivity contribution in [3.63, 3.8) is 0 Å². The van der Waals surface area contributed by atoms with Gasteiger partial charge in [-0.3, -0.25) is 14.5 Å². The van der Waals surface area contributed by atoms with Crippen LogP contribution in [0, 0.1) is 0 Å². The lowest BCUT2D eigenvalue weighted by Crippen LogP contribution is -2.52. The van der Waals surface area contributed by atoms with Crippen molar-refractivity contribution in [3.05, 3.63) is 0 Å². The molecule has 0 aliphatic carbocycles. The van der Waals surface area contributed by atoms with Crippen LogP contribution in [0.15, 0.2) is 0 Å². The molecule has 6 heteroatoms. The number of carbonyl (C=O) groups is 2. The third-order valence-electron chi connectivity index (χ3n) is 4.39. The first-order valence-corrected chi connectivity index (χ1v) is 7.61. The molecule has 0 aromatic carbocycles. The van der Waals surface area contributed by atoms with Gasteiger partial charge in [-0.25, -0.2) is 0 Å². The molecule has 2 fully saturated rings. The molecule has 0 bridgehead atoms. The van der Waals surface area contributed by atoms with Gasteiger partial charge in [-0.2, -0.15) is 0 Å². The summed E-state index contributed by atoms with van der Waals surface area (Å²) >= 11 is 0. The van der Waals surface area contributed by atoms with Gasteiger partial charge in [0.25, 0.3) is 0 Å². The van der Waals surface area contributed by atoms with E-state index in [0.717, 1.165) is 45.6 Å². The summed E-state index contributed by atoms with van der Waals surface area (Å²) in [4.78, 5) is 30.5. The first kappa shape index (κ1) is 15.3. The van der Waals surface area contributed by atoms with Gasteiger partial charge in [0.2, 0.25) is 11.8 Å². The molecule has 0 saturated carbocycles. The van der Waals surface area contributed by atoms with Gasteiger partial charge >= 0.3 is 0 Å². The predicted octanol–water partition coefficient (Wildman–Crippen LogP) is -0.639. The smallest absolute Gasteiger partial charge is 0.242 e. The minimum absolute atomic E-state index is 0.0355. The van der Waals surface area contributed by atoms with Gasteiger partial charge in [-0.05, 0) is 19.4 Å². The molecule has 20 heavy (non-hydrogen) atoms. The number of likely N-dealkylation sites (tertiary alicyclic amines) is 1. The maximum atomic E-state index is 12.4. The van der Waals surface area contributed by atoms with Crippen LogP contribution in [0.4, 0.5) is 0 Å². The number of nitrogens with zero attached hydrogens (tertiary/aromatic N) is 3. The lowest BCUT2D eigenvalue weighted by atomic mass is 10.2. The second-order valence-corrected chi connectivity index (χ2v) is 5.57. The van der Waals surface area contributed by atoms with Crippen LogP contribution in [0.3, 0.4) is 0 Å². The fraction of sp³-hybridized carbons (Fsp3) is 0.857. The SMILES string of the molecule is CCN1CCN(CC(=O)N2CCC[C@H]2C(=O)NC)CC1. The Morgan fingerprint density at radius 2 is 1.75 bits per heavy atom. The topological polar surface area (TPSA) is 55.9 Å². The zero-order valence-electron chi connectivity index (χ0n) is 12.6. The van der Waals surface area contributed by atoms with Gasteiger partial charge < -0.3 is 15.1 Å². The summed E-state index contributed by atoms with van der Waals surface area (Å²) in [6.07, 6.45) is 1.71. The fourth-order valence-corrected chi connectivity index (χ4v) is 3.05. The molecule has 1 atom stereocenters. The summed E-state index contributed by atoms with van der Waals surface area (Å²) in [5.74, 6) is 0.0627. The average molecular weight is 282 g/mol. The molecule has 114 valence electrons. The van der Waals surface area contributed by atoms with Gasteiger partial charge in [-0.15, -0.1) is 0 Å². The van der Waals surface area contributed by atoms with Gasteiger partial charge in [0.05, 0.1) is 6.54 Å². The number of hydrogen-bond acceptors (Lipinski definition) is 4. The summed E-state index contributed by atoms with van der Waals surface area (Å²) in [5, 5.41) is 2.66. The number of rotatable bonds is 4. The van der Waals surface area contributed by atoms with Crippen LogP contribution in [-0.2, 0) is 9.59 Å². The largest absolute Gasteiger partial charge is 0.357 e. The Kier molecular flexibility index (Phi) is 5.37. The molecule has 2 amide bonds. The normalized spacial score (nSPS) is 24.9. The Morgan fingerprint density at radius 1 is 1.10 bits per heavy atom. The molecule has 0 aromatic rings. The third-order valence-corrected chi connectivity index (χ3v) is 4.39. The average Bonchev–Trinajstić information content (AvgIpc) is 2.96. The van der Waals surface area contributed by atoms with E-state index in [1.54, 1.807) is 11.9 Å². The van der Waals surface area contributed by atoms with Gasteiger partial charge in [0.15, 0.2) is 0 Å². The number of likely N-dealkylation sites (N-methyl/N-ethyl adjacent to an activating group) is 2. The Balaban J connectivity index is 1.84. The maximum Gasteiger partial charge on any atom is 0.242 e. The van der Waals surface area contributed by atoms with E-state index in [1.165, 1.54) is 0 Å². The van der Waals surface area contributed by atoms with Gasteiger partial charge in [-0.1, -0.05) is 6.92 Å². The second-order valence-electron chi connectivity index (χ2n) is 5.57. The molecule has 2 rings (SSSR count). The summed E-state index contributed by atoms with van der Waals surface area (Å²) in [7, 11) is 1.63. The van der Waals surface area contributed by atoms with Crippen molar-refractivity contribution in [2.75, 3.05) is 52.9 Å².